The van der Waals surface area contributed by atoms with Crippen LogP contribution in [-0.2, 0) is 16.1 Å². The van der Waals surface area contributed by atoms with Gasteiger partial charge in [0.25, 0.3) is 5.56 Å². The molecule has 186 valence electrons. The number of carbonyl (C=O) groups is 1. The van der Waals surface area contributed by atoms with Crippen LogP contribution in [0.1, 0.15) is 24.6 Å². The fourth-order valence-electron chi connectivity index (χ4n) is 6.42. The van der Waals surface area contributed by atoms with Crippen molar-refractivity contribution in [1.82, 2.24) is 14.4 Å². The van der Waals surface area contributed by atoms with Crippen LogP contribution in [0.2, 0.25) is 0 Å². The van der Waals surface area contributed by atoms with Gasteiger partial charge in [0.1, 0.15) is 5.75 Å². The second-order valence-electron chi connectivity index (χ2n) is 10.3. The Morgan fingerprint density at radius 2 is 1.89 bits per heavy atom. The summed E-state index contributed by atoms with van der Waals surface area (Å²) in [5.41, 5.74) is 2.18. The van der Waals surface area contributed by atoms with Gasteiger partial charge in [-0.1, -0.05) is 18.2 Å². The number of para-hydroxylation sites is 1. The third kappa shape index (κ3) is 3.79. The molecule has 0 radical (unpaired) electrons. The number of ether oxygens (including phenoxy) is 2. The number of pyridine rings is 1. The summed E-state index contributed by atoms with van der Waals surface area (Å²) in [5.74, 6) is 0.807. The number of benzene rings is 1. The van der Waals surface area contributed by atoms with Crippen LogP contribution in [0.5, 0.6) is 5.75 Å². The van der Waals surface area contributed by atoms with Crippen LogP contribution in [0.25, 0.3) is 11.1 Å². The first-order chi connectivity index (χ1) is 17.1. The van der Waals surface area contributed by atoms with E-state index in [4.69, 9.17) is 9.47 Å². The van der Waals surface area contributed by atoms with E-state index < -0.39 is 0 Å². The number of aromatic nitrogens is 1. The predicted octanol–water partition coefficient (Wildman–Crippen LogP) is 1.76. The van der Waals surface area contributed by atoms with E-state index in [1.165, 1.54) is 12.8 Å². The SMILES string of the molecule is COc1ccccc1-c1ccc2n(c1=O)C[C@@H]1[C@@H](CO)[C@H](C(=O)N3CCOCC3)[C@H]2N1CC1CC1. The average Bonchev–Trinajstić information content (AvgIpc) is 3.69. The summed E-state index contributed by atoms with van der Waals surface area (Å²) in [6, 6.07) is 11.2. The first kappa shape index (κ1) is 22.8. The van der Waals surface area contributed by atoms with Gasteiger partial charge in [0.15, 0.2) is 0 Å². The first-order valence-corrected chi connectivity index (χ1v) is 12.7. The Kier molecular flexibility index (Phi) is 5.90. The average molecular weight is 480 g/mol. The zero-order valence-corrected chi connectivity index (χ0v) is 20.1. The minimum atomic E-state index is -0.368. The summed E-state index contributed by atoms with van der Waals surface area (Å²) >= 11 is 0. The van der Waals surface area contributed by atoms with E-state index in [0.717, 1.165) is 17.8 Å². The minimum absolute atomic E-state index is 0.0429. The van der Waals surface area contributed by atoms with E-state index in [9.17, 15) is 14.7 Å². The molecule has 8 heteroatoms. The van der Waals surface area contributed by atoms with E-state index in [2.05, 4.69) is 4.90 Å². The number of morpholine rings is 1. The quantitative estimate of drug-likeness (QED) is 0.680. The van der Waals surface area contributed by atoms with E-state index in [-0.39, 0.29) is 42.0 Å². The molecule has 8 nitrogen and oxygen atoms in total. The molecule has 4 atom stereocenters. The molecule has 4 heterocycles. The largest absolute Gasteiger partial charge is 0.496 e. The molecule has 0 spiro atoms. The highest BCUT2D eigenvalue weighted by Gasteiger charge is 2.57. The normalized spacial score (nSPS) is 28.1. The molecule has 6 rings (SSSR count). The van der Waals surface area contributed by atoms with Crippen molar-refractivity contribution in [3.05, 3.63) is 52.4 Å². The van der Waals surface area contributed by atoms with Gasteiger partial charge in [-0.25, -0.2) is 0 Å². The molecule has 2 saturated heterocycles. The lowest BCUT2D eigenvalue weighted by atomic mass is 9.86. The Balaban J connectivity index is 1.44. The lowest BCUT2D eigenvalue weighted by Crippen LogP contribution is -2.48. The van der Waals surface area contributed by atoms with Gasteiger partial charge in [0.05, 0.1) is 37.8 Å². The topological polar surface area (TPSA) is 84.2 Å². The standard InChI is InChI=1S/C27H33N3O5/c1-34-23-5-3-2-4-18(23)19-8-9-21-25-24(27(33)28-10-12-35-13-11-28)20(16-31)22(15-30(21)26(19)32)29(25)14-17-6-7-17/h2-5,8-9,17,20,22,24-25,31H,6-7,10-16H2,1H3/t20-,22-,24+,25+/m1/s1. The molecular formula is C27H33N3O5. The molecule has 4 aliphatic rings. The maximum Gasteiger partial charge on any atom is 0.258 e. The van der Waals surface area contributed by atoms with Crippen LogP contribution in [0.3, 0.4) is 0 Å². The Hall–Kier alpha value is -2.68. The van der Waals surface area contributed by atoms with Crippen molar-refractivity contribution in [3.63, 3.8) is 0 Å². The van der Waals surface area contributed by atoms with Gasteiger partial charge in [0, 0.05) is 56.0 Å². The highest BCUT2D eigenvalue weighted by Crippen LogP contribution is 2.50. The highest BCUT2D eigenvalue weighted by atomic mass is 16.5. The lowest BCUT2D eigenvalue weighted by Gasteiger charge is -2.39. The Morgan fingerprint density at radius 3 is 2.60 bits per heavy atom. The molecule has 0 unspecified atom stereocenters. The monoisotopic (exact) mass is 479 g/mol. The molecule has 1 saturated carbocycles. The van der Waals surface area contributed by atoms with Crippen molar-refractivity contribution in [3.8, 4) is 16.9 Å². The number of hydrogen-bond donors (Lipinski definition) is 1. The van der Waals surface area contributed by atoms with Crippen molar-refractivity contribution < 1.29 is 19.4 Å². The Morgan fingerprint density at radius 1 is 1.11 bits per heavy atom. The number of amides is 1. The van der Waals surface area contributed by atoms with Crippen molar-refractivity contribution >= 4 is 5.91 Å². The third-order valence-electron chi connectivity index (χ3n) is 8.34. The van der Waals surface area contributed by atoms with Gasteiger partial charge in [-0.05, 0) is 37.0 Å². The molecule has 3 aliphatic heterocycles. The second kappa shape index (κ2) is 9.08. The molecular weight excluding hydrogens is 446 g/mol. The van der Waals surface area contributed by atoms with E-state index >= 15 is 0 Å². The van der Waals surface area contributed by atoms with Gasteiger partial charge in [-0.15, -0.1) is 0 Å². The third-order valence-corrected chi connectivity index (χ3v) is 8.34. The molecule has 1 amide bonds. The molecule has 1 aromatic carbocycles. The number of fused-ring (bicyclic) bond motifs is 4. The number of aliphatic hydroxyl groups is 1. The summed E-state index contributed by atoms with van der Waals surface area (Å²) in [6.07, 6.45) is 2.42. The maximum absolute atomic E-state index is 13.9. The zero-order chi connectivity index (χ0) is 24.1. The van der Waals surface area contributed by atoms with Gasteiger partial charge in [-0.2, -0.15) is 0 Å². The van der Waals surface area contributed by atoms with Crippen molar-refractivity contribution in [2.24, 2.45) is 17.8 Å². The van der Waals surface area contributed by atoms with Crippen LogP contribution in [0, 0.1) is 17.8 Å². The summed E-state index contributed by atoms with van der Waals surface area (Å²) in [6.45, 7) is 3.58. The first-order valence-electron chi connectivity index (χ1n) is 12.7. The summed E-state index contributed by atoms with van der Waals surface area (Å²) in [5, 5.41) is 10.5. The molecule has 2 bridgehead atoms. The van der Waals surface area contributed by atoms with E-state index in [0.29, 0.717) is 50.1 Å². The minimum Gasteiger partial charge on any atom is -0.496 e. The molecule has 35 heavy (non-hydrogen) atoms. The van der Waals surface area contributed by atoms with Crippen molar-refractivity contribution in [2.45, 2.75) is 31.5 Å². The van der Waals surface area contributed by atoms with Gasteiger partial charge < -0.3 is 24.0 Å². The highest BCUT2D eigenvalue weighted by molar-refractivity contribution is 5.81. The van der Waals surface area contributed by atoms with Crippen LogP contribution in [-0.4, -0.2) is 78.0 Å². The summed E-state index contributed by atoms with van der Waals surface area (Å²) in [7, 11) is 1.61. The second-order valence-corrected chi connectivity index (χ2v) is 10.3. The van der Waals surface area contributed by atoms with Crippen molar-refractivity contribution in [1.29, 1.82) is 0 Å². The van der Waals surface area contributed by atoms with Crippen LogP contribution < -0.4 is 10.3 Å². The molecule has 1 aromatic heterocycles. The van der Waals surface area contributed by atoms with Gasteiger partial charge in [0.2, 0.25) is 5.91 Å². The summed E-state index contributed by atoms with van der Waals surface area (Å²) in [4.78, 5) is 32.0. The fourth-order valence-corrected chi connectivity index (χ4v) is 6.42. The number of aliphatic hydroxyl groups excluding tert-OH is 1. The lowest BCUT2D eigenvalue weighted by molar-refractivity contribution is -0.142. The molecule has 1 N–H and O–H groups in total. The number of nitrogens with zero attached hydrogens (tertiary/aromatic N) is 3. The van der Waals surface area contributed by atoms with Crippen LogP contribution in [0.15, 0.2) is 41.2 Å². The smallest absolute Gasteiger partial charge is 0.258 e. The van der Waals surface area contributed by atoms with E-state index in [1.807, 2.05) is 45.9 Å². The number of carbonyl (C=O) groups excluding carboxylic acids is 1. The Bertz CT molecular complexity index is 1170. The summed E-state index contributed by atoms with van der Waals surface area (Å²) < 4.78 is 12.8. The Labute approximate surface area is 205 Å². The van der Waals surface area contributed by atoms with Crippen molar-refractivity contribution in [2.75, 3.05) is 46.6 Å². The predicted molar refractivity (Wildman–Crippen MR) is 130 cm³/mol. The van der Waals surface area contributed by atoms with E-state index in [1.54, 1.807) is 7.11 Å². The molecule has 3 fully saturated rings. The van der Waals surface area contributed by atoms with Gasteiger partial charge >= 0.3 is 0 Å². The zero-order valence-electron chi connectivity index (χ0n) is 20.1. The number of rotatable bonds is 6. The van der Waals surface area contributed by atoms with Crippen LogP contribution in [0.4, 0.5) is 0 Å². The molecule has 2 aromatic rings. The maximum atomic E-state index is 13.9. The number of hydrogen-bond acceptors (Lipinski definition) is 6. The molecule has 1 aliphatic carbocycles. The van der Waals surface area contributed by atoms with Gasteiger partial charge in [-0.3, -0.25) is 14.5 Å². The fraction of sp³-hybridized carbons (Fsp3) is 0.556. The number of methoxy groups -OCH3 is 1. The van der Waals surface area contributed by atoms with Crippen LogP contribution >= 0.6 is 0 Å².